The van der Waals surface area contributed by atoms with Gasteiger partial charge in [-0.15, -0.1) is 0 Å². The second-order valence-corrected chi connectivity index (χ2v) is 2.95. The first-order valence-corrected chi connectivity index (χ1v) is 4.46. The third-order valence-corrected chi connectivity index (χ3v) is 1.90. The van der Waals surface area contributed by atoms with E-state index in [1.165, 1.54) is 0 Å². The quantitative estimate of drug-likeness (QED) is 0.779. The number of ether oxygens (including phenoxy) is 1. The summed E-state index contributed by atoms with van der Waals surface area (Å²) in [7, 11) is 3.50. The van der Waals surface area contributed by atoms with Gasteiger partial charge in [-0.2, -0.15) is 5.10 Å². The van der Waals surface area contributed by atoms with Crippen LogP contribution in [0, 0.1) is 6.92 Å². The minimum absolute atomic E-state index is 0.781. The van der Waals surface area contributed by atoms with Crippen molar-refractivity contribution in [1.82, 2.24) is 9.78 Å². The number of aromatic nitrogens is 2. The Bertz CT molecular complexity index is 304. The van der Waals surface area contributed by atoms with Gasteiger partial charge in [-0.3, -0.25) is 0 Å². The second-order valence-electron chi connectivity index (χ2n) is 2.42. The highest BCUT2D eigenvalue weighted by Gasteiger charge is 2.09. The summed E-state index contributed by atoms with van der Waals surface area (Å²) in [6.45, 7) is 1.95. The van der Waals surface area contributed by atoms with E-state index in [1.807, 2.05) is 20.0 Å². The van der Waals surface area contributed by atoms with Gasteiger partial charge in [0.25, 0.3) is 0 Å². The SMILES string of the molecule is COc1c(/C=C/Br)c(C)nn1C. The third-order valence-electron chi connectivity index (χ3n) is 1.64. The molecule has 0 radical (unpaired) electrons. The summed E-state index contributed by atoms with van der Waals surface area (Å²) in [5.41, 5.74) is 1.97. The molecular weight excluding hydrogens is 220 g/mol. The first kappa shape index (κ1) is 9.32. The fraction of sp³-hybridized carbons (Fsp3) is 0.375. The number of halogens is 1. The lowest BCUT2D eigenvalue weighted by atomic mass is 10.2. The fourth-order valence-corrected chi connectivity index (χ4v) is 1.41. The molecule has 0 saturated carbocycles. The summed E-state index contributed by atoms with van der Waals surface area (Å²) >= 11 is 3.22. The predicted octanol–water partition coefficient (Wildman–Crippen LogP) is 2.10. The van der Waals surface area contributed by atoms with Gasteiger partial charge in [-0.25, -0.2) is 4.68 Å². The van der Waals surface area contributed by atoms with Crippen LogP contribution in [0.25, 0.3) is 6.08 Å². The van der Waals surface area contributed by atoms with E-state index in [1.54, 1.807) is 16.8 Å². The van der Waals surface area contributed by atoms with E-state index in [0.717, 1.165) is 17.1 Å². The van der Waals surface area contributed by atoms with Crippen LogP contribution in [0.4, 0.5) is 0 Å². The maximum Gasteiger partial charge on any atom is 0.218 e. The number of nitrogens with zero attached hydrogens (tertiary/aromatic N) is 2. The van der Waals surface area contributed by atoms with Crippen LogP contribution in [-0.4, -0.2) is 16.9 Å². The summed E-state index contributed by atoms with van der Waals surface area (Å²) in [6.07, 6.45) is 1.92. The van der Waals surface area contributed by atoms with Crippen molar-refractivity contribution in [2.75, 3.05) is 7.11 Å². The Labute approximate surface area is 80.2 Å². The highest BCUT2D eigenvalue weighted by molar-refractivity contribution is 9.11. The first-order chi connectivity index (χ1) is 5.70. The molecule has 1 rings (SSSR count). The van der Waals surface area contributed by atoms with E-state index in [4.69, 9.17) is 4.74 Å². The molecule has 0 amide bonds. The lowest BCUT2D eigenvalue weighted by Crippen LogP contribution is -1.95. The van der Waals surface area contributed by atoms with E-state index in [2.05, 4.69) is 21.0 Å². The van der Waals surface area contributed by atoms with Crippen molar-refractivity contribution in [3.63, 3.8) is 0 Å². The average molecular weight is 231 g/mol. The molecule has 1 heterocycles. The number of hydrogen-bond donors (Lipinski definition) is 0. The van der Waals surface area contributed by atoms with E-state index in [-0.39, 0.29) is 0 Å². The Kier molecular flexibility index (Phi) is 2.92. The highest BCUT2D eigenvalue weighted by atomic mass is 79.9. The topological polar surface area (TPSA) is 27.1 Å². The molecule has 0 atom stereocenters. The molecule has 0 aromatic carbocycles. The van der Waals surface area contributed by atoms with Gasteiger partial charge in [0.2, 0.25) is 5.88 Å². The molecule has 0 saturated heterocycles. The molecule has 0 spiro atoms. The Morgan fingerprint density at radius 2 is 2.25 bits per heavy atom. The maximum atomic E-state index is 5.18. The molecule has 0 N–H and O–H groups in total. The molecule has 0 aliphatic carbocycles. The summed E-state index contributed by atoms with van der Waals surface area (Å²) in [5, 5.41) is 4.22. The summed E-state index contributed by atoms with van der Waals surface area (Å²) < 4.78 is 6.90. The Balaban J connectivity index is 3.22. The molecule has 4 heteroatoms. The van der Waals surface area contributed by atoms with Gasteiger partial charge < -0.3 is 4.74 Å². The Morgan fingerprint density at radius 1 is 1.58 bits per heavy atom. The molecule has 0 fully saturated rings. The lowest BCUT2D eigenvalue weighted by Gasteiger charge is -1.99. The van der Waals surface area contributed by atoms with Gasteiger partial charge in [-0.1, -0.05) is 15.9 Å². The van der Waals surface area contributed by atoms with Crippen LogP contribution in [0.1, 0.15) is 11.3 Å². The number of aryl methyl sites for hydroxylation is 2. The van der Waals surface area contributed by atoms with Crippen LogP contribution in [0.15, 0.2) is 4.99 Å². The van der Waals surface area contributed by atoms with E-state index < -0.39 is 0 Å². The zero-order valence-electron chi connectivity index (χ0n) is 7.34. The van der Waals surface area contributed by atoms with Crippen molar-refractivity contribution in [2.45, 2.75) is 6.92 Å². The van der Waals surface area contributed by atoms with Crippen molar-refractivity contribution >= 4 is 22.0 Å². The van der Waals surface area contributed by atoms with Crippen molar-refractivity contribution < 1.29 is 4.74 Å². The van der Waals surface area contributed by atoms with Crippen LogP contribution < -0.4 is 4.74 Å². The van der Waals surface area contributed by atoms with Gasteiger partial charge in [0.15, 0.2) is 0 Å². The number of hydrogen-bond acceptors (Lipinski definition) is 2. The molecule has 3 nitrogen and oxygen atoms in total. The van der Waals surface area contributed by atoms with Gasteiger partial charge in [0.05, 0.1) is 18.4 Å². The van der Waals surface area contributed by atoms with Crippen LogP contribution in [0.5, 0.6) is 5.88 Å². The van der Waals surface area contributed by atoms with Crippen molar-refractivity contribution in [3.05, 3.63) is 16.2 Å². The Hall–Kier alpha value is -0.770. The van der Waals surface area contributed by atoms with Gasteiger partial charge in [0, 0.05) is 7.05 Å². The monoisotopic (exact) mass is 230 g/mol. The molecule has 0 bridgehead atoms. The summed E-state index contributed by atoms with van der Waals surface area (Å²) in [4.78, 5) is 1.79. The van der Waals surface area contributed by atoms with Gasteiger partial charge >= 0.3 is 0 Å². The van der Waals surface area contributed by atoms with Crippen molar-refractivity contribution in [2.24, 2.45) is 7.05 Å². The largest absolute Gasteiger partial charge is 0.481 e. The van der Waals surface area contributed by atoms with Gasteiger partial charge in [0.1, 0.15) is 0 Å². The molecule has 0 aliphatic rings. The minimum Gasteiger partial charge on any atom is -0.481 e. The molecule has 66 valence electrons. The average Bonchev–Trinajstić information content (AvgIpc) is 2.28. The van der Waals surface area contributed by atoms with E-state index in [0.29, 0.717) is 0 Å². The Morgan fingerprint density at radius 3 is 2.75 bits per heavy atom. The maximum absolute atomic E-state index is 5.18. The van der Waals surface area contributed by atoms with Crippen LogP contribution in [-0.2, 0) is 7.05 Å². The highest BCUT2D eigenvalue weighted by Crippen LogP contribution is 2.22. The minimum atomic E-state index is 0.781. The molecular formula is C8H11BrN2O. The summed E-state index contributed by atoms with van der Waals surface area (Å²) in [6, 6.07) is 0. The second kappa shape index (κ2) is 3.76. The van der Waals surface area contributed by atoms with Crippen molar-refractivity contribution in [3.8, 4) is 5.88 Å². The van der Waals surface area contributed by atoms with E-state index >= 15 is 0 Å². The van der Waals surface area contributed by atoms with Crippen LogP contribution in [0.3, 0.4) is 0 Å². The number of methoxy groups -OCH3 is 1. The first-order valence-electron chi connectivity index (χ1n) is 3.55. The van der Waals surface area contributed by atoms with Crippen molar-refractivity contribution in [1.29, 1.82) is 0 Å². The molecule has 0 unspecified atom stereocenters. The molecule has 1 aromatic rings. The molecule has 1 aromatic heterocycles. The molecule has 0 aliphatic heterocycles. The standard InChI is InChI=1S/C8H11BrN2O/c1-6-7(4-5-9)8(12-3)11(2)10-6/h4-5H,1-3H3/b5-4+. The lowest BCUT2D eigenvalue weighted by molar-refractivity contribution is 0.372. The predicted molar refractivity (Wildman–Crippen MR) is 52.5 cm³/mol. The van der Waals surface area contributed by atoms with Crippen LogP contribution >= 0.6 is 15.9 Å². The molecule has 12 heavy (non-hydrogen) atoms. The third kappa shape index (κ3) is 1.53. The zero-order chi connectivity index (χ0) is 9.14. The summed E-state index contributed by atoms with van der Waals surface area (Å²) in [5.74, 6) is 0.781. The van der Waals surface area contributed by atoms with E-state index in [9.17, 15) is 0 Å². The van der Waals surface area contributed by atoms with Crippen LogP contribution in [0.2, 0.25) is 0 Å². The fourth-order valence-electron chi connectivity index (χ4n) is 1.15. The number of rotatable bonds is 2. The smallest absolute Gasteiger partial charge is 0.218 e. The normalized spacial score (nSPS) is 11.0. The zero-order valence-corrected chi connectivity index (χ0v) is 8.92. The van der Waals surface area contributed by atoms with Gasteiger partial charge in [-0.05, 0) is 18.0 Å².